The molecule has 216 valence electrons. The minimum absolute atomic E-state index is 0.131. The van der Waals surface area contributed by atoms with Crippen molar-refractivity contribution >= 4 is 22.5 Å². The molecule has 40 heavy (non-hydrogen) atoms. The first kappa shape index (κ1) is 27.0. The number of aromatic nitrogens is 4. The van der Waals surface area contributed by atoms with E-state index in [0.717, 1.165) is 68.2 Å². The predicted octanol–water partition coefficient (Wildman–Crippen LogP) is 2.79. The number of hydrogen-bond donors (Lipinski definition) is 2. The molecule has 6 rings (SSSR count). The van der Waals surface area contributed by atoms with E-state index in [1.165, 1.54) is 19.2 Å². The van der Waals surface area contributed by atoms with Gasteiger partial charge in [0.25, 0.3) is 0 Å². The van der Waals surface area contributed by atoms with Crippen LogP contribution in [0.15, 0.2) is 18.5 Å². The summed E-state index contributed by atoms with van der Waals surface area (Å²) in [6, 6.07) is 4.59. The number of fused-ring (bicyclic) bond motifs is 2. The summed E-state index contributed by atoms with van der Waals surface area (Å²) in [5.41, 5.74) is 9.14. The average molecular weight is 553 g/mol. The smallest absolute Gasteiger partial charge is 0.231 e. The van der Waals surface area contributed by atoms with E-state index in [1.54, 1.807) is 0 Å². The van der Waals surface area contributed by atoms with Crippen LogP contribution in [0.25, 0.3) is 22.3 Å². The molecule has 0 unspecified atom stereocenters. The van der Waals surface area contributed by atoms with Gasteiger partial charge in [-0.2, -0.15) is 5.10 Å². The van der Waals surface area contributed by atoms with Crippen LogP contribution in [-0.2, 0) is 16.0 Å². The molecule has 3 aliphatic rings. The van der Waals surface area contributed by atoms with Crippen molar-refractivity contribution in [3.05, 3.63) is 18.5 Å². The Bertz CT molecular complexity index is 1330. The summed E-state index contributed by atoms with van der Waals surface area (Å²) < 4.78 is 25.1. The SMILES string of the molecule is CC(C)(C)OCNc1ccc(-c2nn(CCN3CCC(N4CCOCC4)CC3)c3ncnc(N)c23)c2c1OCO2. The molecule has 1 aromatic carbocycles. The van der Waals surface area contributed by atoms with Gasteiger partial charge in [0.05, 0.1) is 36.4 Å². The van der Waals surface area contributed by atoms with E-state index in [9.17, 15) is 0 Å². The number of likely N-dealkylation sites (tertiary alicyclic amines) is 1. The molecule has 0 atom stereocenters. The van der Waals surface area contributed by atoms with Crippen molar-refractivity contribution in [2.24, 2.45) is 0 Å². The standard InChI is InChI=1S/C28H40N8O4/c1-28(2,3)40-17-32-21-5-4-20(24-25(21)39-18-38-24)23-22-26(29)30-16-31-27(22)36(33-23)11-10-34-8-6-19(7-9-34)35-12-14-37-15-13-35/h4-5,16,19,32H,6-15,17-18H2,1-3H3,(H2,29,30,31). The zero-order valence-electron chi connectivity index (χ0n) is 23.7. The van der Waals surface area contributed by atoms with E-state index in [2.05, 4.69) is 25.1 Å². The topological polar surface area (TPSA) is 125 Å². The van der Waals surface area contributed by atoms with Crippen LogP contribution in [0.1, 0.15) is 33.6 Å². The number of nitrogens with two attached hydrogens (primary N) is 1. The Morgan fingerprint density at radius 1 is 1.02 bits per heavy atom. The zero-order chi connectivity index (χ0) is 27.7. The summed E-state index contributed by atoms with van der Waals surface area (Å²) in [4.78, 5) is 14.0. The lowest BCUT2D eigenvalue weighted by atomic mass is 10.0. The lowest BCUT2D eigenvalue weighted by molar-refractivity contribution is 0.000640. The van der Waals surface area contributed by atoms with Gasteiger partial charge in [-0.1, -0.05) is 0 Å². The van der Waals surface area contributed by atoms with Gasteiger partial charge in [-0.25, -0.2) is 14.6 Å². The minimum Gasteiger partial charge on any atom is -0.453 e. The van der Waals surface area contributed by atoms with Crippen molar-refractivity contribution in [2.45, 2.75) is 51.8 Å². The van der Waals surface area contributed by atoms with E-state index in [-0.39, 0.29) is 12.4 Å². The normalized spacial score (nSPS) is 19.0. The van der Waals surface area contributed by atoms with Crippen molar-refractivity contribution in [1.29, 1.82) is 0 Å². The fourth-order valence-corrected chi connectivity index (χ4v) is 5.71. The molecule has 0 aliphatic carbocycles. The number of hydrogen-bond acceptors (Lipinski definition) is 11. The maximum absolute atomic E-state index is 6.38. The number of rotatable bonds is 8. The Labute approximate surface area is 234 Å². The van der Waals surface area contributed by atoms with Crippen molar-refractivity contribution in [3.8, 4) is 22.8 Å². The van der Waals surface area contributed by atoms with E-state index in [0.29, 0.717) is 42.3 Å². The minimum atomic E-state index is -0.255. The molecule has 12 heteroatoms. The molecular formula is C28H40N8O4. The number of nitrogens with zero attached hydrogens (tertiary/aromatic N) is 6. The van der Waals surface area contributed by atoms with Gasteiger partial charge in [0.1, 0.15) is 24.6 Å². The molecule has 2 fully saturated rings. The van der Waals surface area contributed by atoms with E-state index in [1.807, 2.05) is 37.6 Å². The molecule has 2 aromatic heterocycles. The summed E-state index contributed by atoms with van der Waals surface area (Å²) >= 11 is 0. The number of nitrogen functional groups attached to an aromatic ring is 1. The molecule has 3 aliphatic heterocycles. The van der Waals surface area contributed by atoms with Crippen molar-refractivity contribution in [3.63, 3.8) is 0 Å². The molecule has 3 aromatic rings. The number of benzene rings is 1. The second-order valence-corrected chi connectivity index (χ2v) is 11.6. The summed E-state index contributed by atoms with van der Waals surface area (Å²) in [5.74, 6) is 1.66. The maximum atomic E-state index is 6.38. The van der Waals surface area contributed by atoms with Crippen LogP contribution in [0.5, 0.6) is 11.5 Å². The highest BCUT2D eigenvalue weighted by Crippen LogP contribution is 2.47. The molecule has 0 saturated carbocycles. The van der Waals surface area contributed by atoms with Crippen LogP contribution in [0.2, 0.25) is 0 Å². The first-order valence-corrected chi connectivity index (χ1v) is 14.2. The molecule has 3 N–H and O–H groups in total. The zero-order valence-corrected chi connectivity index (χ0v) is 23.7. The average Bonchev–Trinajstić information content (AvgIpc) is 3.59. The third kappa shape index (κ3) is 5.67. The summed E-state index contributed by atoms with van der Waals surface area (Å²) in [6.07, 6.45) is 3.87. The Morgan fingerprint density at radius 2 is 1.80 bits per heavy atom. The third-order valence-corrected chi connectivity index (χ3v) is 7.85. The first-order valence-electron chi connectivity index (χ1n) is 14.2. The molecule has 0 spiro atoms. The quantitative estimate of drug-likeness (QED) is 0.401. The monoisotopic (exact) mass is 552 g/mol. The van der Waals surface area contributed by atoms with Crippen LogP contribution >= 0.6 is 0 Å². The number of anilines is 2. The highest BCUT2D eigenvalue weighted by atomic mass is 16.7. The van der Waals surface area contributed by atoms with E-state index in [4.69, 9.17) is 29.8 Å². The van der Waals surface area contributed by atoms with Crippen molar-refractivity contribution < 1.29 is 18.9 Å². The predicted molar refractivity (Wildman–Crippen MR) is 152 cm³/mol. The molecule has 0 amide bonds. The second-order valence-electron chi connectivity index (χ2n) is 11.6. The van der Waals surface area contributed by atoms with Gasteiger partial charge in [0, 0.05) is 31.2 Å². The largest absolute Gasteiger partial charge is 0.453 e. The number of ether oxygens (including phenoxy) is 4. The lowest BCUT2D eigenvalue weighted by Crippen LogP contribution is -2.49. The number of piperidine rings is 1. The van der Waals surface area contributed by atoms with Gasteiger partial charge in [-0.3, -0.25) is 4.90 Å². The fourth-order valence-electron chi connectivity index (χ4n) is 5.71. The molecule has 2 saturated heterocycles. The second kappa shape index (κ2) is 11.4. The van der Waals surface area contributed by atoms with E-state index >= 15 is 0 Å². The third-order valence-electron chi connectivity index (χ3n) is 7.85. The van der Waals surface area contributed by atoms with E-state index < -0.39 is 0 Å². The van der Waals surface area contributed by atoms with Crippen LogP contribution in [0, 0.1) is 0 Å². The van der Waals surface area contributed by atoms with Gasteiger partial charge in [0.2, 0.25) is 6.79 Å². The molecule has 12 nitrogen and oxygen atoms in total. The van der Waals surface area contributed by atoms with Gasteiger partial charge >= 0.3 is 0 Å². The summed E-state index contributed by atoms with van der Waals surface area (Å²) in [7, 11) is 0. The van der Waals surface area contributed by atoms with Gasteiger partial charge in [0.15, 0.2) is 17.1 Å². The van der Waals surface area contributed by atoms with Crippen LogP contribution < -0.4 is 20.5 Å². The van der Waals surface area contributed by atoms with Gasteiger partial charge in [-0.05, 0) is 58.8 Å². The Balaban J connectivity index is 1.20. The number of morpholine rings is 1. The van der Waals surface area contributed by atoms with Crippen molar-refractivity contribution in [1.82, 2.24) is 29.5 Å². The molecule has 0 radical (unpaired) electrons. The highest BCUT2D eigenvalue weighted by Gasteiger charge is 2.29. The fraction of sp³-hybridized carbons (Fsp3) is 0.607. The Morgan fingerprint density at radius 3 is 2.58 bits per heavy atom. The van der Waals surface area contributed by atoms with Crippen LogP contribution in [-0.4, -0.2) is 101 Å². The summed E-state index contributed by atoms with van der Waals surface area (Å²) in [6.45, 7) is 14.1. The molecule has 5 heterocycles. The number of nitrogens with one attached hydrogen (secondary N) is 1. The molecular weight excluding hydrogens is 512 g/mol. The van der Waals surface area contributed by atoms with Crippen LogP contribution in [0.4, 0.5) is 11.5 Å². The molecule has 0 bridgehead atoms. The lowest BCUT2D eigenvalue weighted by Gasteiger charge is -2.40. The van der Waals surface area contributed by atoms with Gasteiger partial charge in [-0.15, -0.1) is 0 Å². The maximum Gasteiger partial charge on any atom is 0.231 e. The Hall–Kier alpha value is -3.19. The van der Waals surface area contributed by atoms with Crippen LogP contribution in [0.3, 0.4) is 0 Å². The first-order chi connectivity index (χ1) is 19.4. The van der Waals surface area contributed by atoms with Crippen molar-refractivity contribution in [2.75, 3.05) is 70.5 Å². The summed E-state index contributed by atoms with van der Waals surface area (Å²) in [5, 5.41) is 9.02. The Kier molecular flexibility index (Phi) is 7.67. The van der Waals surface area contributed by atoms with Gasteiger partial charge < -0.3 is 34.9 Å². The highest BCUT2D eigenvalue weighted by molar-refractivity contribution is 6.00.